The van der Waals surface area contributed by atoms with Gasteiger partial charge in [0, 0.05) is 29.2 Å². The van der Waals surface area contributed by atoms with Crippen LogP contribution in [-0.4, -0.2) is 41.1 Å². The van der Waals surface area contributed by atoms with E-state index in [4.69, 9.17) is 0 Å². The van der Waals surface area contributed by atoms with Crippen molar-refractivity contribution in [3.8, 4) is 0 Å². The third-order valence-electron chi connectivity index (χ3n) is 3.60. The van der Waals surface area contributed by atoms with Crippen molar-refractivity contribution < 1.29 is 8.42 Å². The Kier molecular flexibility index (Phi) is 4.52. The van der Waals surface area contributed by atoms with E-state index in [0.29, 0.717) is 16.5 Å². The molecule has 2 N–H and O–H groups in total. The molecule has 0 aromatic carbocycles. The summed E-state index contributed by atoms with van der Waals surface area (Å²) in [6.45, 7) is 6.39. The minimum absolute atomic E-state index is 0.260. The van der Waals surface area contributed by atoms with Gasteiger partial charge in [0.2, 0.25) is 10.0 Å². The van der Waals surface area contributed by atoms with Gasteiger partial charge < -0.3 is 5.32 Å². The Morgan fingerprint density at radius 3 is 2.71 bits per heavy atom. The third-order valence-corrected chi connectivity index (χ3v) is 6.55. The van der Waals surface area contributed by atoms with Gasteiger partial charge in [-0.2, -0.15) is 14.6 Å². The molecule has 0 aliphatic rings. The fourth-order valence-corrected chi connectivity index (χ4v) is 4.59. The molecule has 0 fully saturated rings. The molecule has 0 bridgehead atoms. The maximum absolute atomic E-state index is 12.2. The van der Waals surface area contributed by atoms with Crippen LogP contribution in [0.4, 0.5) is 5.82 Å². The molecule has 0 aliphatic carbocycles. The molecule has 0 atom stereocenters. The van der Waals surface area contributed by atoms with Gasteiger partial charge in [0.25, 0.3) is 5.78 Å². The van der Waals surface area contributed by atoms with E-state index in [-0.39, 0.29) is 6.54 Å². The first-order valence-electron chi connectivity index (χ1n) is 7.35. The molecule has 3 rings (SSSR count). The zero-order chi connectivity index (χ0) is 17.3. The number of anilines is 1. The molecule has 0 aliphatic heterocycles. The van der Waals surface area contributed by atoms with E-state index in [1.165, 1.54) is 17.7 Å². The van der Waals surface area contributed by atoms with E-state index in [1.807, 2.05) is 20.8 Å². The first-order valence-corrected chi connectivity index (χ1v) is 9.65. The summed E-state index contributed by atoms with van der Waals surface area (Å²) in [7, 11) is -3.46. The fourth-order valence-electron chi connectivity index (χ4n) is 2.23. The summed E-state index contributed by atoms with van der Waals surface area (Å²) in [5.41, 5.74) is 1.80. The number of rotatable bonds is 6. The van der Waals surface area contributed by atoms with Crippen LogP contribution in [0.25, 0.3) is 5.78 Å². The number of hydrogen-bond acceptors (Lipinski definition) is 7. The predicted octanol–water partition coefficient (Wildman–Crippen LogP) is 1.50. The number of nitrogens with one attached hydrogen (secondary N) is 2. The van der Waals surface area contributed by atoms with E-state index < -0.39 is 10.0 Å². The van der Waals surface area contributed by atoms with Crippen LogP contribution in [0.5, 0.6) is 0 Å². The highest BCUT2D eigenvalue weighted by molar-refractivity contribution is 7.91. The summed E-state index contributed by atoms with van der Waals surface area (Å²) in [5, 5.41) is 7.35. The van der Waals surface area contributed by atoms with Crippen LogP contribution >= 0.6 is 11.3 Å². The van der Waals surface area contributed by atoms with Crippen LogP contribution in [0.2, 0.25) is 0 Å². The molecule has 10 heteroatoms. The van der Waals surface area contributed by atoms with Gasteiger partial charge in [0.05, 0.1) is 0 Å². The van der Waals surface area contributed by atoms with Gasteiger partial charge in [-0.3, -0.25) is 0 Å². The second-order valence-electron chi connectivity index (χ2n) is 5.33. The van der Waals surface area contributed by atoms with Crippen LogP contribution in [0.3, 0.4) is 0 Å². The van der Waals surface area contributed by atoms with Crippen LogP contribution in [0, 0.1) is 20.8 Å². The Hall–Kier alpha value is -2.04. The summed E-state index contributed by atoms with van der Waals surface area (Å²) in [6, 6.07) is 3.41. The second-order valence-corrected chi connectivity index (χ2v) is 8.61. The molecule has 0 saturated carbocycles. The number of aryl methyl sites for hydroxylation is 2. The molecule has 0 spiro atoms. The number of sulfonamides is 1. The Morgan fingerprint density at radius 2 is 2.00 bits per heavy atom. The number of fused-ring (bicyclic) bond motifs is 1. The lowest BCUT2D eigenvalue weighted by molar-refractivity contribution is 0.585. The van der Waals surface area contributed by atoms with Gasteiger partial charge >= 0.3 is 0 Å². The molecule has 0 unspecified atom stereocenters. The lowest BCUT2D eigenvalue weighted by atomic mass is 10.2. The minimum atomic E-state index is -3.46. The van der Waals surface area contributed by atoms with Crippen LogP contribution in [-0.2, 0) is 10.0 Å². The summed E-state index contributed by atoms with van der Waals surface area (Å²) in [6.07, 6.45) is 1.44. The molecular weight excluding hydrogens is 348 g/mol. The number of thiophene rings is 1. The van der Waals surface area contributed by atoms with Crippen LogP contribution in [0.15, 0.2) is 22.7 Å². The first-order chi connectivity index (χ1) is 11.4. The van der Waals surface area contributed by atoms with E-state index in [2.05, 4.69) is 25.1 Å². The van der Waals surface area contributed by atoms with Gasteiger partial charge in [-0.25, -0.2) is 18.1 Å². The quantitative estimate of drug-likeness (QED) is 0.641. The van der Waals surface area contributed by atoms with Gasteiger partial charge in [0.15, 0.2) is 0 Å². The summed E-state index contributed by atoms with van der Waals surface area (Å²) >= 11 is 1.26. The summed E-state index contributed by atoms with van der Waals surface area (Å²) in [5.74, 6) is 1.27. The maximum Gasteiger partial charge on any atom is 0.254 e. The van der Waals surface area contributed by atoms with Crippen molar-refractivity contribution in [3.63, 3.8) is 0 Å². The Morgan fingerprint density at radius 1 is 1.21 bits per heavy atom. The van der Waals surface area contributed by atoms with Crippen molar-refractivity contribution in [1.29, 1.82) is 0 Å². The first kappa shape index (κ1) is 16.8. The molecule has 3 heterocycles. The molecule has 0 amide bonds. The van der Waals surface area contributed by atoms with E-state index in [1.54, 1.807) is 16.6 Å². The van der Waals surface area contributed by atoms with Gasteiger partial charge in [-0.05, 0) is 32.9 Å². The zero-order valence-corrected chi connectivity index (χ0v) is 15.2. The standard InChI is InChI=1S/C14H18N6O2S2/c1-9-4-5-12(23-9)24(21,22)18-7-6-15-13-10(2)11(3)19-14-16-8-17-20(13)14/h4-5,8,15,18H,6-7H2,1-3H3. The fraction of sp³-hybridized carbons (Fsp3) is 0.357. The Balaban J connectivity index is 1.67. The highest BCUT2D eigenvalue weighted by Crippen LogP contribution is 2.20. The summed E-state index contributed by atoms with van der Waals surface area (Å²) < 4.78 is 28.9. The number of aromatic nitrogens is 4. The van der Waals surface area contributed by atoms with Crippen LogP contribution < -0.4 is 10.0 Å². The summed E-state index contributed by atoms with van der Waals surface area (Å²) in [4.78, 5) is 9.39. The largest absolute Gasteiger partial charge is 0.368 e. The average molecular weight is 366 g/mol. The lowest BCUT2D eigenvalue weighted by Gasteiger charge is -2.12. The predicted molar refractivity (Wildman–Crippen MR) is 93.0 cm³/mol. The maximum atomic E-state index is 12.2. The van der Waals surface area contributed by atoms with Crippen molar-refractivity contribution in [2.75, 3.05) is 18.4 Å². The Labute approximate surface area is 144 Å². The van der Waals surface area contributed by atoms with Gasteiger partial charge in [-0.15, -0.1) is 11.3 Å². The molecule has 128 valence electrons. The monoisotopic (exact) mass is 366 g/mol. The van der Waals surface area contributed by atoms with Crippen molar-refractivity contribution >= 4 is 33.0 Å². The van der Waals surface area contributed by atoms with E-state index in [9.17, 15) is 8.42 Å². The molecule has 8 nitrogen and oxygen atoms in total. The van der Waals surface area contributed by atoms with Crippen molar-refractivity contribution in [2.45, 2.75) is 25.0 Å². The SMILES string of the molecule is Cc1ccc(S(=O)(=O)NCCNc2c(C)c(C)nc3ncnn23)s1. The minimum Gasteiger partial charge on any atom is -0.368 e. The molecule has 24 heavy (non-hydrogen) atoms. The average Bonchev–Trinajstić information content (AvgIpc) is 3.16. The lowest BCUT2D eigenvalue weighted by Crippen LogP contribution is -2.29. The normalized spacial score (nSPS) is 12.0. The van der Waals surface area contributed by atoms with E-state index >= 15 is 0 Å². The number of nitrogens with zero attached hydrogens (tertiary/aromatic N) is 4. The zero-order valence-electron chi connectivity index (χ0n) is 13.6. The third kappa shape index (κ3) is 3.25. The van der Waals surface area contributed by atoms with Crippen molar-refractivity contribution in [1.82, 2.24) is 24.3 Å². The molecule has 3 aromatic heterocycles. The number of hydrogen-bond donors (Lipinski definition) is 2. The highest BCUT2D eigenvalue weighted by Gasteiger charge is 2.16. The molecule has 0 saturated heterocycles. The molecule has 3 aromatic rings. The Bertz CT molecular complexity index is 976. The van der Waals surface area contributed by atoms with Gasteiger partial charge in [0.1, 0.15) is 16.4 Å². The highest BCUT2D eigenvalue weighted by atomic mass is 32.2. The second kappa shape index (κ2) is 6.46. The van der Waals surface area contributed by atoms with Crippen molar-refractivity contribution in [3.05, 3.63) is 34.6 Å². The molecule has 0 radical (unpaired) electrons. The van der Waals surface area contributed by atoms with Crippen molar-refractivity contribution in [2.24, 2.45) is 0 Å². The smallest absolute Gasteiger partial charge is 0.254 e. The topological polar surface area (TPSA) is 101 Å². The molecular formula is C14H18N6O2S2. The van der Waals surface area contributed by atoms with Crippen LogP contribution in [0.1, 0.15) is 16.1 Å². The van der Waals surface area contributed by atoms with Gasteiger partial charge in [-0.1, -0.05) is 0 Å². The van der Waals surface area contributed by atoms with E-state index in [0.717, 1.165) is 22.0 Å².